The van der Waals surface area contributed by atoms with Gasteiger partial charge in [0.25, 0.3) is 6.29 Å². The van der Waals surface area contributed by atoms with Crippen LogP contribution in [-0.2, 0) is 33.3 Å². The average molecular weight is 1210 g/mol. The van der Waals surface area contributed by atoms with Crippen molar-refractivity contribution >= 4 is 17.9 Å². The molecule has 0 aromatic rings. The van der Waals surface area contributed by atoms with E-state index in [4.69, 9.17) is 18.9 Å². The van der Waals surface area contributed by atoms with Gasteiger partial charge in [0.15, 0.2) is 6.10 Å². The quantitative estimate of drug-likeness (QED) is 0.0211. The third-order valence-corrected chi connectivity index (χ3v) is 14.3. The normalized spacial score (nSPS) is 13.7. The molecule has 9 nitrogen and oxygen atoms in total. The number of nitrogens with zero attached hydrogens (tertiary/aromatic N) is 1. The van der Waals surface area contributed by atoms with Crippen LogP contribution in [0.3, 0.4) is 0 Å². The van der Waals surface area contributed by atoms with Crippen molar-refractivity contribution in [2.45, 2.75) is 270 Å². The van der Waals surface area contributed by atoms with Gasteiger partial charge >= 0.3 is 17.9 Å². The molecule has 0 aromatic heterocycles. The van der Waals surface area contributed by atoms with Gasteiger partial charge in [-0.15, -0.1) is 0 Å². The Hall–Kier alpha value is -5.09. The fraction of sp³-hybridized carbons (Fsp3) is 0.628. The van der Waals surface area contributed by atoms with Crippen molar-refractivity contribution in [1.82, 2.24) is 0 Å². The molecule has 492 valence electrons. The van der Waals surface area contributed by atoms with E-state index in [1.54, 1.807) is 0 Å². The Morgan fingerprint density at radius 1 is 0.345 bits per heavy atom. The zero-order valence-corrected chi connectivity index (χ0v) is 56.1. The zero-order chi connectivity index (χ0) is 63.3. The summed E-state index contributed by atoms with van der Waals surface area (Å²) >= 11 is 0. The Labute approximate surface area is 534 Å². The Kier molecular flexibility index (Phi) is 62.9. The number of aliphatic carboxylic acids is 1. The maximum atomic E-state index is 12.9. The predicted octanol–water partition coefficient (Wildman–Crippen LogP) is 21.7. The van der Waals surface area contributed by atoms with Crippen LogP contribution in [0.4, 0.5) is 0 Å². The van der Waals surface area contributed by atoms with Crippen LogP contribution < -0.4 is 0 Å². The van der Waals surface area contributed by atoms with Crippen LogP contribution in [0.25, 0.3) is 0 Å². The molecule has 0 rings (SSSR count). The van der Waals surface area contributed by atoms with Gasteiger partial charge in [0.05, 0.1) is 34.4 Å². The van der Waals surface area contributed by atoms with Crippen molar-refractivity contribution in [3.63, 3.8) is 0 Å². The van der Waals surface area contributed by atoms with E-state index in [-0.39, 0.29) is 38.6 Å². The van der Waals surface area contributed by atoms with Gasteiger partial charge in [-0.25, -0.2) is 4.79 Å². The molecule has 0 heterocycles. The molecule has 0 saturated heterocycles. The molecule has 0 aliphatic rings. The molecule has 1 N–H and O–H groups in total. The number of carbonyl (C=O) groups excluding carboxylic acids is 2. The molecule has 0 aliphatic carbocycles. The van der Waals surface area contributed by atoms with E-state index in [2.05, 4.69) is 172 Å². The van der Waals surface area contributed by atoms with Crippen LogP contribution in [0.1, 0.15) is 258 Å². The fourth-order valence-corrected chi connectivity index (χ4v) is 9.07. The van der Waals surface area contributed by atoms with E-state index in [9.17, 15) is 19.5 Å². The summed E-state index contributed by atoms with van der Waals surface area (Å²) < 4.78 is 22.9. The number of ether oxygens (including phenoxy) is 4. The summed E-state index contributed by atoms with van der Waals surface area (Å²) in [5.74, 6) is -2.10. The Balaban J connectivity index is 4.22. The average Bonchev–Trinajstić information content (AvgIpc) is 3.57. The number of hydrogen-bond donors (Lipinski definition) is 1. The highest BCUT2D eigenvalue weighted by Gasteiger charge is 2.25. The van der Waals surface area contributed by atoms with Gasteiger partial charge < -0.3 is 28.5 Å². The number of allylic oxidation sites excluding steroid dienone is 26. The molecule has 0 fully saturated rings. The number of carboxylic acids is 1. The van der Waals surface area contributed by atoms with E-state index in [0.29, 0.717) is 23.9 Å². The van der Waals surface area contributed by atoms with Crippen molar-refractivity contribution < 1.29 is 42.9 Å². The van der Waals surface area contributed by atoms with Gasteiger partial charge in [-0.3, -0.25) is 9.59 Å². The van der Waals surface area contributed by atoms with E-state index >= 15 is 0 Å². The number of hydrogen-bond acceptors (Lipinski definition) is 7. The number of carboxylic acid groups (broad SMARTS) is 1. The van der Waals surface area contributed by atoms with E-state index < -0.39 is 24.3 Å². The van der Waals surface area contributed by atoms with Gasteiger partial charge in [-0.1, -0.05) is 287 Å². The minimum absolute atomic E-state index is 0.169. The highest BCUT2D eigenvalue weighted by molar-refractivity contribution is 5.71. The standard InChI is InChI=1S/C78H127NO8/c1-6-8-10-12-14-16-18-20-22-24-26-28-30-32-34-36-37-38-39-41-42-44-46-48-50-52-54-56-58-60-62-64-66-68-75(80)85-72-74(73-86-78(77(82)83)84-71-70-79(3,4)5)87-76(81)69-67-65-63-61-59-57-55-53-51-49-47-45-43-40-35-33-31-29-27-25-23-21-19-17-15-13-11-9-7-2/h8-11,14-17,20-23,26-29,33,35,43,45,49,51,55,57,61,63,74,78H,6-7,12-13,18-19,24-25,30-32,34,36-42,44,46-48,50,52-54,56,58-60,62,64-73H2,1-5H3/p+1/b10-8-,11-9-,16-14-,17-15-,22-20-,23-21-,28-26-,29-27-,35-33-,45-43-,51-49-,57-55-,63-61-. The first-order chi connectivity index (χ1) is 42.6. The summed E-state index contributed by atoms with van der Waals surface area (Å²) in [6.45, 7) is 4.58. The van der Waals surface area contributed by atoms with E-state index in [1.807, 2.05) is 21.1 Å². The second-order valence-electron chi connectivity index (χ2n) is 23.7. The van der Waals surface area contributed by atoms with Crippen LogP contribution in [0, 0.1) is 0 Å². The summed E-state index contributed by atoms with van der Waals surface area (Å²) in [6, 6.07) is 0. The van der Waals surface area contributed by atoms with Gasteiger partial charge in [-0.05, 0) is 116 Å². The number of likely N-dealkylation sites (N-methyl/N-ethyl adjacent to an activating group) is 1. The number of unbranched alkanes of at least 4 members (excludes halogenated alkanes) is 21. The largest absolute Gasteiger partial charge is 0.477 e. The maximum absolute atomic E-state index is 12.9. The van der Waals surface area contributed by atoms with E-state index in [0.717, 1.165) is 103 Å². The SMILES string of the molecule is CC/C=C\C/C=C\C/C=C\C/C=C\C/C=C\C/C=C\C/C=C\C/C=C\C/C=C\CCCC(=O)OC(COC(=O)CCCCCCCCCCCCCCCCCCCCCC/C=C\C/C=C\C/C=C\C/C=C\CC)COC(OCC[N+](C)(C)C)C(=O)O. The molecule has 0 amide bonds. The highest BCUT2D eigenvalue weighted by Crippen LogP contribution is 2.16. The van der Waals surface area contributed by atoms with Crippen LogP contribution >= 0.6 is 0 Å². The molecule has 0 aromatic carbocycles. The Morgan fingerprint density at radius 2 is 0.632 bits per heavy atom. The molecule has 0 aliphatic heterocycles. The van der Waals surface area contributed by atoms with Crippen LogP contribution in [0.2, 0.25) is 0 Å². The first kappa shape index (κ1) is 81.9. The third-order valence-electron chi connectivity index (χ3n) is 14.3. The molecule has 87 heavy (non-hydrogen) atoms. The maximum Gasteiger partial charge on any atom is 0.361 e. The van der Waals surface area contributed by atoms with Gasteiger partial charge in [0.1, 0.15) is 13.2 Å². The summed E-state index contributed by atoms with van der Waals surface area (Å²) in [5.41, 5.74) is 0. The third kappa shape index (κ3) is 68.3. The second-order valence-corrected chi connectivity index (χ2v) is 23.7. The molecule has 0 saturated carbocycles. The van der Waals surface area contributed by atoms with Gasteiger partial charge in [-0.2, -0.15) is 0 Å². The molecule has 0 spiro atoms. The lowest BCUT2D eigenvalue weighted by molar-refractivity contribution is -0.870. The van der Waals surface area contributed by atoms with Gasteiger partial charge in [0, 0.05) is 12.8 Å². The Bertz CT molecular complexity index is 1990. The molecule has 0 radical (unpaired) electrons. The van der Waals surface area contributed by atoms with Crippen LogP contribution in [0.15, 0.2) is 158 Å². The summed E-state index contributed by atoms with van der Waals surface area (Å²) in [6.07, 6.45) is 96.5. The minimum atomic E-state index is -1.54. The molecular weight excluding hydrogens is 1080 g/mol. The summed E-state index contributed by atoms with van der Waals surface area (Å²) in [5, 5.41) is 9.74. The predicted molar refractivity (Wildman–Crippen MR) is 373 cm³/mol. The van der Waals surface area contributed by atoms with Crippen molar-refractivity contribution in [3.05, 3.63) is 158 Å². The first-order valence-corrected chi connectivity index (χ1v) is 34.6. The number of quaternary nitrogens is 1. The van der Waals surface area contributed by atoms with Crippen molar-refractivity contribution in [2.24, 2.45) is 0 Å². The lowest BCUT2D eigenvalue weighted by Gasteiger charge is -2.25. The highest BCUT2D eigenvalue weighted by atomic mass is 16.7. The smallest absolute Gasteiger partial charge is 0.361 e. The molecule has 0 bridgehead atoms. The first-order valence-electron chi connectivity index (χ1n) is 34.6. The Morgan fingerprint density at radius 3 is 0.954 bits per heavy atom. The fourth-order valence-electron chi connectivity index (χ4n) is 9.07. The summed E-state index contributed by atoms with van der Waals surface area (Å²) in [7, 11) is 5.95. The van der Waals surface area contributed by atoms with Crippen molar-refractivity contribution in [3.8, 4) is 0 Å². The molecular formula is C78H128NO8+. The second kappa shape index (κ2) is 66.9. The number of esters is 2. The van der Waals surface area contributed by atoms with Crippen molar-refractivity contribution in [2.75, 3.05) is 47.5 Å². The molecule has 2 atom stereocenters. The van der Waals surface area contributed by atoms with Gasteiger partial charge in [0.2, 0.25) is 0 Å². The molecule has 2 unspecified atom stereocenters. The zero-order valence-electron chi connectivity index (χ0n) is 56.1. The minimum Gasteiger partial charge on any atom is -0.477 e. The monoisotopic (exact) mass is 1210 g/mol. The number of carbonyl (C=O) groups is 3. The lowest BCUT2D eigenvalue weighted by atomic mass is 10.0. The summed E-state index contributed by atoms with van der Waals surface area (Å²) in [4.78, 5) is 37.6. The van der Waals surface area contributed by atoms with Crippen molar-refractivity contribution in [1.29, 1.82) is 0 Å². The number of rotatable bonds is 62. The van der Waals surface area contributed by atoms with Crippen LogP contribution in [0.5, 0.6) is 0 Å². The topological polar surface area (TPSA) is 108 Å². The lowest BCUT2D eigenvalue weighted by Crippen LogP contribution is -2.40. The van der Waals surface area contributed by atoms with Crippen LogP contribution in [-0.4, -0.2) is 87.4 Å². The van der Waals surface area contributed by atoms with E-state index in [1.165, 1.54) is 116 Å². The molecule has 9 heteroatoms.